The van der Waals surface area contributed by atoms with E-state index in [4.69, 9.17) is 9.84 Å². The quantitative estimate of drug-likeness (QED) is 0.827. The van der Waals surface area contributed by atoms with Gasteiger partial charge in [0.1, 0.15) is 5.75 Å². The molecule has 15 heavy (non-hydrogen) atoms. The summed E-state index contributed by atoms with van der Waals surface area (Å²) in [7, 11) is 1.82. The number of aryl methyl sites for hydroxylation is 1. The molecule has 0 saturated heterocycles. The number of para-hydroxylation sites is 1. The maximum atomic E-state index is 9.10. The molecule has 4 nitrogen and oxygen atoms in total. The number of aliphatic hydroxyl groups is 1. The van der Waals surface area contributed by atoms with Crippen molar-refractivity contribution < 1.29 is 9.84 Å². The third-order valence-corrected chi connectivity index (χ3v) is 2.05. The minimum atomic E-state index is -0.0313. The first-order chi connectivity index (χ1) is 7.29. The molecule has 4 heteroatoms. The van der Waals surface area contributed by atoms with Gasteiger partial charge in [0.05, 0.1) is 19.0 Å². The van der Waals surface area contributed by atoms with E-state index in [-0.39, 0.29) is 6.61 Å². The molecule has 0 aliphatic carbocycles. The monoisotopic (exact) mass is 204 g/mol. The second kappa shape index (κ2) is 4.14. The second-order valence-electron chi connectivity index (χ2n) is 3.22. The molecule has 1 heterocycles. The number of aromatic nitrogens is 2. The van der Waals surface area contributed by atoms with Crippen molar-refractivity contribution in [2.75, 3.05) is 0 Å². The number of benzene rings is 1. The summed E-state index contributed by atoms with van der Waals surface area (Å²) in [5, 5.41) is 13.1. The Hall–Kier alpha value is -1.81. The highest BCUT2D eigenvalue weighted by molar-refractivity contribution is 5.36. The highest BCUT2D eigenvalue weighted by atomic mass is 16.5. The van der Waals surface area contributed by atoms with Crippen molar-refractivity contribution in [2.45, 2.75) is 6.61 Å². The minimum Gasteiger partial charge on any atom is -0.454 e. The summed E-state index contributed by atoms with van der Waals surface area (Å²) in [6, 6.07) is 7.37. The fourth-order valence-corrected chi connectivity index (χ4v) is 1.31. The van der Waals surface area contributed by atoms with Gasteiger partial charge in [0, 0.05) is 12.6 Å². The molecule has 1 N–H and O–H groups in total. The van der Waals surface area contributed by atoms with Gasteiger partial charge in [0.15, 0.2) is 5.75 Å². The van der Waals surface area contributed by atoms with Gasteiger partial charge < -0.3 is 9.84 Å². The van der Waals surface area contributed by atoms with Crippen molar-refractivity contribution in [1.29, 1.82) is 0 Å². The van der Waals surface area contributed by atoms with E-state index in [9.17, 15) is 0 Å². The normalized spacial score (nSPS) is 10.3. The van der Waals surface area contributed by atoms with Crippen LogP contribution in [0.2, 0.25) is 0 Å². The predicted molar refractivity (Wildman–Crippen MR) is 55.6 cm³/mol. The van der Waals surface area contributed by atoms with Gasteiger partial charge in [0.2, 0.25) is 0 Å². The van der Waals surface area contributed by atoms with E-state index in [0.29, 0.717) is 11.5 Å². The van der Waals surface area contributed by atoms with Gasteiger partial charge >= 0.3 is 0 Å². The molecule has 0 bridgehead atoms. The van der Waals surface area contributed by atoms with Gasteiger partial charge in [0.25, 0.3) is 0 Å². The molecule has 0 aliphatic heterocycles. The predicted octanol–water partition coefficient (Wildman–Crippen LogP) is 1.70. The van der Waals surface area contributed by atoms with Crippen molar-refractivity contribution in [3.8, 4) is 11.5 Å². The highest BCUT2D eigenvalue weighted by Crippen LogP contribution is 2.24. The number of rotatable bonds is 3. The van der Waals surface area contributed by atoms with Gasteiger partial charge in [-0.3, -0.25) is 4.68 Å². The van der Waals surface area contributed by atoms with Crippen LogP contribution in [0.25, 0.3) is 0 Å². The Morgan fingerprint density at radius 1 is 1.40 bits per heavy atom. The molecule has 2 rings (SSSR count). The van der Waals surface area contributed by atoms with E-state index in [0.717, 1.165) is 5.56 Å². The second-order valence-corrected chi connectivity index (χ2v) is 3.22. The van der Waals surface area contributed by atoms with Crippen LogP contribution in [-0.2, 0) is 13.7 Å². The first kappa shape index (κ1) is 9.73. The summed E-state index contributed by atoms with van der Waals surface area (Å²) in [5.41, 5.74) is 0.765. The summed E-state index contributed by atoms with van der Waals surface area (Å²) in [6.07, 6.45) is 3.41. The summed E-state index contributed by atoms with van der Waals surface area (Å²) in [5.74, 6) is 1.33. The van der Waals surface area contributed by atoms with E-state index in [1.54, 1.807) is 17.1 Å². The van der Waals surface area contributed by atoms with Gasteiger partial charge in [-0.05, 0) is 6.07 Å². The van der Waals surface area contributed by atoms with Gasteiger partial charge in [-0.15, -0.1) is 0 Å². The summed E-state index contributed by atoms with van der Waals surface area (Å²) >= 11 is 0. The molecule has 1 aromatic heterocycles. The number of aliphatic hydroxyl groups excluding tert-OH is 1. The Bertz CT molecular complexity index is 451. The Morgan fingerprint density at radius 2 is 2.20 bits per heavy atom. The zero-order valence-corrected chi connectivity index (χ0v) is 8.42. The highest BCUT2D eigenvalue weighted by Gasteiger charge is 2.03. The smallest absolute Gasteiger partial charge is 0.165 e. The fraction of sp³-hybridized carbons (Fsp3) is 0.182. The lowest BCUT2D eigenvalue weighted by Crippen LogP contribution is -1.90. The first-order valence-electron chi connectivity index (χ1n) is 4.65. The summed E-state index contributed by atoms with van der Waals surface area (Å²) in [6.45, 7) is -0.0313. The molecule has 0 saturated carbocycles. The van der Waals surface area contributed by atoms with Crippen LogP contribution < -0.4 is 4.74 Å². The number of hydrogen-bond acceptors (Lipinski definition) is 3. The molecular formula is C11H12N2O2. The molecule has 0 aliphatic rings. The minimum absolute atomic E-state index is 0.0313. The van der Waals surface area contributed by atoms with Gasteiger partial charge in [-0.2, -0.15) is 5.10 Å². The average Bonchev–Trinajstić information content (AvgIpc) is 2.65. The number of hydrogen-bond donors (Lipinski definition) is 1. The Balaban J connectivity index is 2.23. The van der Waals surface area contributed by atoms with Crippen LogP contribution in [0.5, 0.6) is 11.5 Å². The topological polar surface area (TPSA) is 47.3 Å². The third-order valence-electron chi connectivity index (χ3n) is 2.05. The maximum Gasteiger partial charge on any atom is 0.165 e. The lowest BCUT2D eigenvalue weighted by Gasteiger charge is -2.06. The lowest BCUT2D eigenvalue weighted by atomic mass is 10.2. The maximum absolute atomic E-state index is 9.10. The molecular weight excluding hydrogens is 192 g/mol. The van der Waals surface area contributed by atoms with E-state index in [1.165, 1.54) is 0 Å². The van der Waals surface area contributed by atoms with Gasteiger partial charge in [-0.25, -0.2) is 0 Å². The van der Waals surface area contributed by atoms with Crippen molar-refractivity contribution in [3.05, 3.63) is 42.2 Å². The van der Waals surface area contributed by atoms with Crippen LogP contribution in [-0.4, -0.2) is 14.9 Å². The van der Waals surface area contributed by atoms with Crippen LogP contribution in [0, 0.1) is 0 Å². The van der Waals surface area contributed by atoms with E-state index >= 15 is 0 Å². The molecule has 0 spiro atoms. The van der Waals surface area contributed by atoms with Crippen LogP contribution >= 0.6 is 0 Å². The molecule has 0 unspecified atom stereocenters. The standard InChI is InChI=1S/C11H12N2O2/c1-13-7-10(6-12-13)15-11-5-3-2-4-9(11)8-14/h2-7,14H,8H2,1H3. The fourth-order valence-electron chi connectivity index (χ4n) is 1.31. The summed E-state index contributed by atoms with van der Waals surface area (Å²) < 4.78 is 7.24. The molecule has 0 fully saturated rings. The van der Waals surface area contributed by atoms with Crippen LogP contribution in [0.3, 0.4) is 0 Å². The van der Waals surface area contributed by atoms with E-state index in [1.807, 2.05) is 31.3 Å². The molecule has 78 valence electrons. The third kappa shape index (κ3) is 2.16. The number of ether oxygens (including phenoxy) is 1. The van der Waals surface area contributed by atoms with Crippen LogP contribution in [0.4, 0.5) is 0 Å². The van der Waals surface area contributed by atoms with Crippen LogP contribution in [0.1, 0.15) is 5.56 Å². The van der Waals surface area contributed by atoms with Crippen molar-refractivity contribution >= 4 is 0 Å². The zero-order valence-electron chi connectivity index (χ0n) is 8.42. The summed E-state index contributed by atoms with van der Waals surface area (Å²) in [4.78, 5) is 0. The average molecular weight is 204 g/mol. The molecule has 1 aromatic carbocycles. The Kier molecular flexibility index (Phi) is 2.69. The van der Waals surface area contributed by atoms with E-state index in [2.05, 4.69) is 5.10 Å². The van der Waals surface area contributed by atoms with Gasteiger partial charge in [-0.1, -0.05) is 18.2 Å². The first-order valence-corrected chi connectivity index (χ1v) is 4.65. The molecule has 0 amide bonds. The van der Waals surface area contributed by atoms with E-state index < -0.39 is 0 Å². The number of nitrogens with zero attached hydrogens (tertiary/aromatic N) is 2. The van der Waals surface area contributed by atoms with Crippen LogP contribution in [0.15, 0.2) is 36.7 Å². The molecule has 2 aromatic rings. The largest absolute Gasteiger partial charge is 0.454 e. The van der Waals surface area contributed by atoms with Crippen molar-refractivity contribution in [2.24, 2.45) is 7.05 Å². The SMILES string of the molecule is Cn1cc(Oc2ccccc2CO)cn1. The molecule has 0 atom stereocenters. The Morgan fingerprint density at radius 3 is 2.87 bits per heavy atom. The lowest BCUT2D eigenvalue weighted by molar-refractivity contribution is 0.276. The molecule has 0 radical (unpaired) electrons. The zero-order chi connectivity index (χ0) is 10.7. The Labute approximate surface area is 87.7 Å². The van der Waals surface area contributed by atoms with Crippen molar-refractivity contribution in [1.82, 2.24) is 9.78 Å². The van der Waals surface area contributed by atoms with Crippen molar-refractivity contribution in [3.63, 3.8) is 0 Å².